The maximum atomic E-state index is 9.15. The van der Waals surface area contributed by atoms with Gasteiger partial charge in [0.1, 0.15) is 12.1 Å². The molecule has 0 saturated carbocycles. The number of rotatable bonds is 6. The summed E-state index contributed by atoms with van der Waals surface area (Å²) in [5.74, 6) is 2.06. The highest BCUT2D eigenvalue weighted by Gasteiger charge is 2.17. The Balaban J connectivity index is 1.47. The zero-order chi connectivity index (χ0) is 15.2. The fourth-order valence-electron chi connectivity index (χ4n) is 2.71. The smallest absolute Gasteiger partial charge is 0.158 e. The van der Waals surface area contributed by atoms with E-state index in [1.807, 2.05) is 18.3 Å². The first-order chi connectivity index (χ1) is 10.8. The van der Waals surface area contributed by atoms with E-state index in [-0.39, 0.29) is 0 Å². The van der Waals surface area contributed by atoms with Crippen LogP contribution >= 0.6 is 0 Å². The molecular weight excluding hydrogens is 280 g/mol. The van der Waals surface area contributed by atoms with Crippen LogP contribution in [0.25, 0.3) is 5.82 Å². The highest BCUT2D eigenvalue weighted by atomic mass is 16.3. The van der Waals surface area contributed by atoms with Crippen molar-refractivity contribution in [2.75, 3.05) is 38.1 Å². The predicted octanol–water partition coefficient (Wildman–Crippen LogP) is 0.778. The summed E-state index contributed by atoms with van der Waals surface area (Å²) in [7, 11) is 0. The Labute approximate surface area is 130 Å². The Morgan fingerprint density at radius 2 is 2.14 bits per heavy atom. The second-order valence-corrected chi connectivity index (χ2v) is 5.61. The maximum absolute atomic E-state index is 9.15. The van der Waals surface area contributed by atoms with Gasteiger partial charge in [0.25, 0.3) is 0 Å². The Morgan fingerprint density at radius 1 is 1.27 bits per heavy atom. The van der Waals surface area contributed by atoms with Gasteiger partial charge in [-0.3, -0.25) is 0 Å². The van der Waals surface area contributed by atoms with E-state index in [4.69, 9.17) is 5.11 Å². The fraction of sp³-hybridized carbons (Fsp3) is 0.533. The molecule has 2 aromatic heterocycles. The van der Waals surface area contributed by atoms with Crippen molar-refractivity contribution < 1.29 is 5.11 Å². The first kappa shape index (κ1) is 14.9. The largest absolute Gasteiger partial charge is 0.396 e. The van der Waals surface area contributed by atoms with Gasteiger partial charge in [-0.25, -0.2) is 14.6 Å². The van der Waals surface area contributed by atoms with Crippen LogP contribution < -0.4 is 5.32 Å². The van der Waals surface area contributed by atoms with Crippen molar-refractivity contribution in [3.8, 4) is 5.82 Å². The molecule has 0 spiro atoms. The van der Waals surface area contributed by atoms with E-state index in [9.17, 15) is 0 Å². The van der Waals surface area contributed by atoms with Crippen molar-refractivity contribution in [3.63, 3.8) is 0 Å². The average Bonchev–Trinajstić information content (AvgIpc) is 3.10. The molecule has 1 fully saturated rings. The van der Waals surface area contributed by atoms with Gasteiger partial charge in [0.2, 0.25) is 0 Å². The molecule has 118 valence electrons. The van der Waals surface area contributed by atoms with Crippen LogP contribution in [0.2, 0.25) is 0 Å². The van der Waals surface area contributed by atoms with Crippen LogP contribution in [0, 0.1) is 5.92 Å². The molecule has 2 aromatic rings. The molecule has 1 saturated heterocycles. The highest BCUT2D eigenvalue weighted by Crippen LogP contribution is 2.16. The number of nitrogens with one attached hydrogen (secondary N) is 1. The van der Waals surface area contributed by atoms with Gasteiger partial charge in [-0.15, -0.1) is 0 Å². The molecule has 0 amide bonds. The van der Waals surface area contributed by atoms with Gasteiger partial charge in [-0.05, 0) is 37.9 Å². The summed E-state index contributed by atoms with van der Waals surface area (Å²) in [4.78, 5) is 10.9. The first-order valence-electron chi connectivity index (χ1n) is 7.74. The second kappa shape index (κ2) is 7.33. The minimum Gasteiger partial charge on any atom is -0.396 e. The molecule has 0 aliphatic carbocycles. The highest BCUT2D eigenvalue weighted by molar-refractivity contribution is 5.39. The number of anilines is 1. The van der Waals surface area contributed by atoms with Crippen LogP contribution in [0.15, 0.2) is 30.9 Å². The van der Waals surface area contributed by atoms with Gasteiger partial charge in [-0.1, -0.05) is 0 Å². The molecule has 2 N–H and O–H groups in total. The zero-order valence-corrected chi connectivity index (χ0v) is 12.6. The number of aromatic nitrogens is 4. The molecule has 22 heavy (non-hydrogen) atoms. The van der Waals surface area contributed by atoms with E-state index < -0.39 is 0 Å². The third kappa shape index (κ3) is 3.80. The lowest BCUT2D eigenvalue weighted by Crippen LogP contribution is -2.37. The average molecular weight is 302 g/mol. The van der Waals surface area contributed by atoms with Crippen molar-refractivity contribution in [2.45, 2.75) is 12.8 Å². The lowest BCUT2D eigenvalue weighted by Gasteiger charge is -2.30. The first-order valence-corrected chi connectivity index (χ1v) is 7.74. The minimum atomic E-state index is 0.323. The number of hydrogen-bond acceptors (Lipinski definition) is 6. The molecule has 0 unspecified atom stereocenters. The maximum Gasteiger partial charge on any atom is 0.158 e. The van der Waals surface area contributed by atoms with E-state index in [2.05, 4.69) is 25.3 Å². The second-order valence-electron chi connectivity index (χ2n) is 5.61. The normalized spacial score (nSPS) is 16.8. The monoisotopic (exact) mass is 302 g/mol. The molecule has 1 aliphatic rings. The molecule has 7 nitrogen and oxygen atoms in total. The summed E-state index contributed by atoms with van der Waals surface area (Å²) in [6.45, 7) is 4.28. The summed E-state index contributed by atoms with van der Waals surface area (Å²) in [6, 6.07) is 3.76. The quantitative estimate of drug-likeness (QED) is 0.821. The topological polar surface area (TPSA) is 79.1 Å². The van der Waals surface area contributed by atoms with Gasteiger partial charge < -0.3 is 15.3 Å². The van der Waals surface area contributed by atoms with Crippen LogP contribution in [0.4, 0.5) is 5.82 Å². The van der Waals surface area contributed by atoms with Crippen LogP contribution in [-0.2, 0) is 0 Å². The molecule has 0 aromatic carbocycles. The molecule has 7 heteroatoms. The van der Waals surface area contributed by atoms with Crippen LogP contribution in [0.1, 0.15) is 12.8 Å². The summed E-state index contributed by atoms with van der Waals surface area (Å²) in [5, 5.41) is 16.7. The minimum absolute atomic E-state index is 0.323. The molecule has 0 radical (unpaired) electrons. The molecule has 0 bridgehead atoms. The molecular formula is C15H22N6O. The third-order valence-corrected chi connectivity index (χ3v) is 4.09. The van der Waals surface area contributed by atoms with Crippen LogP contribution in [0.5, 0.6) is 0 Å². The summed E-state index contributed by atoms with van der Waals surface area (Å²) in [5.41, 5.74) is 0. The van der Waals surface area contributed by atoms with E-state index >= 15 is 0 Å². The Hall–Kier alpha value is -1.99. The Kier molecular flexibility index (Phi) is 4.97. The van der Waals surface area contributed by atoms with Gasteiger partial charge in [0, 0.05) is 38.2 Å². The number of nitrogens with zero attached hydrogens (tertiary/aromatic N) is 5. The number of aliphatic hydroxyl groups excluding tert-OH is 1. The van der Waals surface area contributed by atoms with Gasteiger partial charge in [-0.2, -0.15) is 5.10 Å². The number of hydrogen-bond donors (Lipinski definition) is 2. The van der Waals surface area contributed by atoms with Crippen LogP contribution in [-0.4, -0.2) is 62.5 Å². The van der Waals surface area contributed by atoms with Crippen LogP contribution in [0.3, 0.4) is 0 Å². The lowest BCUT2D eigenvalue weighted by atomic mass is 9.98. The standard InChI is InChI=1S/C15H22N6O/c22-11-13-2-7-20(8-3-13)9-5-16-14-10-15(18-12-17-14)21-6-1-4-19-21/h1,4,6,10,12-13,22H,2-3,5,7-9,11H2,(H,16,17,18). The van der Waals surface area contributed by atoms with E-state index in [0.29, 0.717) is 12.5 Å². The molecule has 1 aliphatic heterocycles. The molecule has 3 heterocycles. The fourth-order valence-corrected chi connectivity index (χ4v) is 2.71. The van der Waals surface area contributed by atoms with E-state index in [1.54, 1.807) is 17.2 Å². The van der Waals surface area contributed by atoms with Gasteiger partial charge >= 0.3 is 0 Å². The van der Waals surface area contributed by atoms with Crippen molar-refractivity contribution in [1.29, 1.82) is 0 Å². The zero-order valence-electron chi connectivity index (χ0n) is 12.6. The third-order valence-electron chi connectivity index (χ3n) is 4.09. The Bertz CT molecular complexity index is 565. The summed E-state index contributed by atoms with van der Waals surface area (Å²) < 4.78 is 1.71. The summed E-state index contributed by atoms with van der Waals surface area (Å²) in [6.07, 6.45) is 7.32. The Morgan fingerprint density at radius 3 is 2.86 bits per heavy atom. The summed E-state index contributed by atoms with van der Waals surface area (Å²) >= 11 is 0. The molecule has 3 rings (SSSR count). The van der Waals surface area contributed by atoms with Gasteiger partial charge in [0.05, 0.1) is 0 Å². The van der Waals surface area contributed by atoms with Crippen molar-refractivity contribution in [1.82, 2.24) is 24.6 Å². The number of aliphatic hydroxyl groups is 1. The molecule has 0 atom stereocenters. The number of piperidine rings is 1. The van der Waals surface area contributed by atoms with Gasteiger partial charge in [0.15, 0.2) is 5.82 Å². The lowest BCUT2D eigenvalue weighted by molar-refractivity contribution is 0.134. The SMILES string of the molecule is OCC1CCN(CCNc2cc(-n3cccn3)ncn2)CC1. The van der Waals surface area contributed by atoms with E-state index in [0.717, 1.165) is 50.7 Å². The van der Waals surface area contributed by atoms with Crippen molar-refractivity contribution in [3.05, 3.63) is 30.9 Å². The number of likely N-dealkylation sites (tertiary alicyclic amines) is 1. The van der Waals surface area contributed by atoms with E-state index in [1.165, 1.54) is 0 Å². The van der Waals surface area contributed by atoms with Crippen molar-refractivity contribution >= 4 is 5.82 Å². The predicted molar refractivity (Wildman–Crippen MR) is 83.9 cm³/mol. The van der Waals surface area contributed by atoms with Crippen molar-refractivity contribution in [2.24, 2.45) is 5.92 Å².